The van der Waals surface area contributed by atoms with Crippen LogP contribution in [0.5, 0.6) is 0 Å². The highest BCUT2D eigenvalue weighted by atomic mass is 79.9. The van der Waals surface area contributed by atoms with Crippen molar-refractivity contribution in [2.45, 2.75) is 25.3 Å². The predicted octanol–water partition coefficient (Wildman–Crippen LogP) is 1.67. The maximum atomic E-state index is 13.2. The lowest BCUT2D eigenvalue weighted by molar-refractivity contribution is -0.131. The van der Waals surface area contributed by atoms with Gasteiger partial charge < -0.3 is 4.90 Å². The van der Waals surface area contributed by atoms with Gasteiger partial charge in [-0.2, -0.15) is 0 Å². The van der Waals surface area contributed by atoms with Gasteiger partial charge in [0.05, 0.1) is 17.1 Å². The van der Waals surface area contributed by atoms with Gasteiger partial charge in [-0.3, -0.25) is 4.79 Å². The van der Waals surface area contributed by atoms with E-state index in [2.05, 4.69) is 20.7 Å². The molecule has 1 saturated heterocycles. The van der Waals surface area contributed by atoms with Crippen LogP contribution >= 0.6 is 15.9 Å². The molecule has 0 spiro atoms. The van der Waals surface area contributed by atoms with E-state index in [1.807, 2.05) is 0 Å². The topological polar surface area (TPSA) is 66.5 Å². The minimum absolute atomic E-state index is 0.0312. The molecule has 1 aliphatic rings. The van der Waals surface area contributed by atoms with Crippen LogP contribution in [0.15, 0.2) is 22.7 Å². The first-order valence-electron chi connectivity index (χ1n) is 6.93. The summed E-state index contributed by atoms with van der Waals surface area (Å²) in [6, 6.07) is 4.41. The summed E-state index contributed by atoms with van der Waals surface area (Å²) in [5, 5.41) is 0. The lowest BCUT2D eigenvalue weighted by atomic mass is 10.0. The van der Waals surface area contributed by atoms with Gasteiger partial charge in [-0.05, 0) is 46.5 Å². The molecule has 1 heterocycles. The number of carbonyl (C=O) groups is 1. The summed E-state index contributed by atoms with van der Waals surface area (Å²) in [4.78, 5) is 14.0. The Morgan fingerprint density at radius 2 is 2.05 bits per heavy atom. The van der Waals surface area contributed by atoms with Crippen molar-refractivity contribution in [1.82, 2.24) is 9.62 Å². The highest BCUT2D eigenvalue weighted by Crippen LogP contribution is 2.18. The fourth-order valence-corrected chi connectivity index (χ4v) is 3.75. The minimum atomic E-state index is -3.21. The zero-order valence-electron chi connectivity index (χ0n) is 12.2. The first-order valence-corrected chi connectivity index (χ1v) is 9.62. The number of carbonyl (C=O) groups excluding carboxylic acids is 1. The molecular formula is C14H18BrFN2O3S. The number of likely N-dealkylation sites (tertiary alicyclic amines) is 1. The summed E-state index contributed by atoms with van der Waals surface area (Å²) in [6.45, 7) is 1.04. The monoisotopic (exact) mass is 392 g/mol. The van der Waals surface area contributed by atoms with Crippen molar-refractivity contribution >= 4 is 31.9 Å². The van der Waals surface area contributed by atoms with Gasteiger partial charge in [0.25, 0.3) is 0 Å². The molecule has 1 aliphatic heterocycles. The van der Waals surface area contributed by atoms with Crippen molar-refractivity contribution in [1.29, 1.82) is 0 Å². The van der Waals surface area contributed by atoms with Crippen LogP contribution in [0.3, 0.4) is 0 Å². The van der Waals surface area contributed by atoms with E-state index in [0.717, 1.165) is 11.8 Å². The van der Waals surface area contributed by atoms with Gasteiger partial charge in [0, 0.05) is 19.1 Å². The van der Waals surface area contributed by atoms with E-state index in [0.29, 0.717) is 30.4 Å². The van der Waals surface area contributed by atoms with Gasteiger partial charge in [-0.25, -0.2) is 17.5 Å². The second-order valence-electron chi connectivity index (χ2n) is 5.47. The van der Waals surface area contributed by atoms with Crippen LogP contribution in [0.4, 0.5) is 4.39 Å². The molecule has 22 heavy (non-hydrogen) atoms. The summed E-state index contributed by atoms with van der Waals surface area (Å²) in [6.07, 6.45) is 2.55. The fourth-order valence-electron chi connectivity index (χ4n) is 2.49. The molecule has 1 aromatic rings. The Morgan fingerprint density at radius 1 is 1.41 bits per heavy atom. The maximum Gasteiger partial charge on any atom is 0.226 e. The molecular weight excluding hydrogens is 375 g/mol. The largest absolute Gasteiger partial charge is 0.342 e. The molecule has 0 aliphatic carbocycles. The van der Waals surface area contributed by atoms with Gasteiger partial charge in [0.2, 0.25) is 15.9 Å². The quantitative estimate of drug-likeness (QED) is 0.847. The Balaban J connectivity index is 1.88. The molecule has 8 heteroatoms. The first-order chi connectivity index (χ1) is 10.2. The van der Waals surface area contributed by atoms with Crippen LogP contribution < -0.4 is 4.72 Å². The molecule has 1 fully saturated rings. The zero-order valence-corrected chi connectivity index (χ0v) is 14.6. The summed E-state index contributed by atoms with van der Waals surface area (Å²) in [7, 11) is -3.21. The van der Waals surface area contributed by atoms with Crippen LogP contribution in [0, 0.1) is 5.82 Å². The van der Waals surface area contributed by atoms with Gasteiger partial charge >= 0.3 is 0 Å². The predicted molar refractivity (Wildman–Crippen MR) is 85.4 cm³/mol. The summed E-state index contributed by atoms with van der Waals surface area (Å²) >= 11 is 3.10. The Kier molecular flexibility index (Phi) is 5.57. The lowest BCUT2D eigenvalue weighted by Crippen LogP contribution is -2.46. The van der Waals surface area contributed by atoms with Crippen molar-refractivity contribution in [2.75, 3.05) is 19.3 Å². The van der Waals surface area contributed by atoms with Gasteiger partial charge in [0.1, 0.15) is 5.82 Å². The first kappa shape index (κ1) is 17.4. The molecule has 1 N–H and O–H groups in total. The average Bonchev–Trinajstić information content (AvgIpc) is 2.42. The van der Waals surface area contributed by atoms with Crippen LogP contribution in [0.2, 0.25) is 0 Å². The number of rotatable bonds is 4. The molecule has 0 radical (unpaired) electrons. The van der Waals surface area contributed by atoms with E-state index in [1.54, 1.807) is 17.0 Å². The smallest absolute Gasteiger partial charge is 0.226 e. The number of nitrogens with zero attached hydrogens (tertiary/aromatic N) is 1. The van der Waals surface area contributed by atoms with E-state index in [9.17, 15) is 17.6 Å². The number of hydrogen-bond donors (Lipinski definition) is 1. The number of benzene rings is 1. The Morgan fingerprint density at radius 3 is 2.59 bits per heavy atom. The second kappa shape index (κ2) is 7.06. The molecule has 0 bridgehead atoms. The lowest BCUT2D eigenvalue weighted by Gasteiger charge is -2.32. The third-order valence-electron chi connectivity index (χ3n) is 3.57. The Bertz CT molecular complexity index is 658. The number of halogens is 2. The molecule has 1 amide bonds. The van der Waals surface area contributed by atoms with Crippen molar-refractivity contribution in [3.8, 4) is 0 Å². The number of sulfonamides is 1. The van der Waals surface area contributed by atoms with E-state index in [4.69, 9.17) is 0 Å². The third kappa shape index (κ3) is 5.03. The van der Waals surface area contributed by atoms with Crippen LogP contribution in [-0.4, -0.2) is 44.6 Å². The molecule has 0 atom stereocenters. The van der Waals surface area contributed by atoms with E-state index in [1.165, 1.54) is 6.07 Å². The fraction of sp³-hybridized carbons (Fsp3) is 0.500. The van der Waals surface area contributed by atoms with Crippen LogP contribution in [0.25, 0.3) is 0 Å². The van der Waals surface area contributed by atoms with Crippen LogP contribution in [0.1, 0.15) is 18.4 Å². The van der Waals surface area contributed by atoms with Crippen molar-refractivity contribution < 1.29 is 17.6 Å². The van der Waals surface area contributed by atoms with Gasteiger partial charge in [-0.1, -0.05) is 6.07 Å². The molecule has 2 rings (SSSR count). The Hall–Kier alpha value is -0.990. The molecule has 122 valence electrons. The molecule has 0 unspecified atom stereocenters. The summed E-state index contributed by atoms with van der Waals surface area (Å²) in [5.74, 6) is -0.389. The highest BCUT2D eigenvalue weighted by Gasteiger charge is 2.24. The van der Waals surface area contributed by atoms with E-state index >= 15 is 0 Å². The standard InChI is InChI=1S/C14H18BrFN2O3S/c1-22(20,21)17-11-4-6-18(7-5-11)14(19)9-10-2-3-13(16)12(15)8-10/h2-3,8,11,17H,4-7,9H2,1H3. The Labute approximate surface area is 138 Å². The van der Waals surface area contributed by atoms with Crippen molar-refractivity contribution in [3.63, 3.8) is 0 Å². The van der Waals surface area contributed by atoms with Gasteiger partial charge in [-0.15, -0.1) is 0 Å². The van der Waals surface area contributed by atoms with E-state index in [-0.39, 0.29) is 24.2 Å². The summed E-state index contributed by atoms with van der Waals surface area (Å²) < 4.78 is 38.5. The number of nitrogens with one attached hydrogen (secondary N) is 1. The molecule has 5 nitrogen and oxygen atoms in total. The number of amides is 1. The summed E-state index contributed by atoms with van der Waals surface area (Å²) in [5.41, 5.74) is 0.745. The minimum Gasteiger partial charge on any atom is -0.342 e. The van der Waals surface area contributed by atoms with Crippen molar-refractivity contribution in [2.24, 2.45) is 0 Å². The normalized spacial score (nSPS) is 16.8. The van der Waals surface area contributed by atoms with E-state index < -0.39 is 10.0 Å². The van der Waals surface area contributed by atoms with Crippen LogP contribution in [-0.2, 0) is 21.2 Å². The zero-order chi connectivity index (χ0) is 16.3. The molecule has 0 aromatic heterocycles. The molecule has 0 saturated carbocycles. The number of hydrogen-bond acceptors (Lipinski definition) is 3. The number of piperidine rings is 1. The van der Waals surface area contributed by atoms with Gasteiger partial charge in [0.15, 0.2) is 0 Å². The molecule has 1 aromatic carbocycles. The maximum absolute atomic E-state index is 13.2. The second-order valence-corrected chi connectivity index (χ2v) is 8.10. The third-order valence-corrected chi connectivity index (χ3v) is 4.94. The highest BCUT2D eigenvalue weighted by molar-refractivity contribution is 9.10. The average molecular weight is 393 g/mol. The van der Waals surface area contributed by atoms with Crippen molar-refractivity contribution in [3.05, 3.63) is 34.1 Å². The SMILES string of the molecule is CS(=O)(=O)NC1CCN(C(=O)Cc2ccc(F)c(Br)c2)CC1.